The van der Waals surface area contributed by atoms with Gasteiger partial charge in [0.1, 0.15) is 0 Å². The average Bonchev–Trinajstić information content (AvgIpc) is 2.23. The molecule has 2 N–H and O–H groups in total. The van der Waals surface area contributed by atoms with E-state index in [0.717, 1.165) is 22.3 Å². The van der Waals surface area contributed by atoms with Crippen molar-refractivity contribution in [2.75, 3.05) is 11.9 Å². The molecule has 0 heterocycles. The second kappa shape index (κ2) is 5.65. The van der Waals surface area contributed by atoms with Crippen molar-refractivity contribution in [3.63, 3.8) is 0 Å². The number of hydrogen-bond acceptors (Lipinski definition) is 2. The fraction of sp³-hybridized carbons (Fsp3) is 0.462. The lowest BCUT2D eigenvalue weighted by Gasteiger charge is -2.25. The highest BCUT2D eigenvalue weighted by molar-refractivity contribution is 9.10. The van der Waals surface area contributed by atoms with Crippen molar-refractivity contribution in [3.05, 3.63) is 28.2 Å². The van der Waals surface area contributed by atoms with Gasteiger partial charge in [-0.25, -0.2) is 0 Å². The highest BCUT2D eigenvalue weighted by Gasteiger charge is 2.26. The number of aryl methyl sites for hydroxylation is 1. The van der Waals surface area contributed by atoms with Gasteiger partial charge < -0.3 is 10.6 Å². The van der Waals surface area contributed by atoms with Crippen LogP contribution in [0, 0.1) is 6.92 Å². The van der Waals surface area contributed by atoms with E-state index in [0.29, 0.717) is 0 Å². The molecular weight excluding hydrogens is 280 g/mol. The van der Waals surface area contributed by atoms with Gasteiger partial charge in [-0.15, -0.1) is 0 Å². The number of rotatable bonds is 4. The zero-order chi connectivity index (χ0) is 13.1. The molecule has 3 nitrogen and oxygen atoms in total. The molecule has 0 fully saturated rings. The van der Waals surface area contributed by atoms with E-state index in [1.807, 2.05) is 45.9 Å². The van der Waals surface area contributed by atoms with E-state index in [1.54, 1.807) is 0 Å². The Bertz CT molecular complexity index is 416. The summed E-state index contributed by atoms with van der Waals surface area (Å²) in [6.07, 6.45) is 0. The van der Waals surface area contributed by atoms with Crippen molar-refractivity contribution < 1.29 is 4.79 Å². The molecule has 0 spiro atoms. The lowest BCUT2D eigenvalue weighted by molar-refractivity contribution is -0.121. The van der Waals surface area contributed by atoms with Crippen molar-refractivity contribution in [3.8, 4) is 0 Å². The smallest absolute Gasteiger partial charge is 0.244 e. The number of carbonyl (C=O) groups excluding carboxylic acids is 1. The van der Waals surface area contributed by atoms with Crippen molar-refractivity contribution in [2.45, 2.75) is 33.2 Å². The molecule has 17 heavy (non-hydrogen) atoms. The molecule has 1 amide bonds. The Morgan fingerprint density at radius 2 is 2.06 bits per heavy atom. The molecule has 4 heteroatoms. The Kier molecular flexibility index (Phi) is 4.71. The summed E-state index contributed by atoms with van der Waals surface area (Å²) in [5.74, 6) is -0.0273. The van der Waals surface area contributed by atoms with Crippen molar-refractivity contribution >= 4 is 27.5 Å². The minimum absolute atomic E-state index is 0.0273. The highest BCUT2D eigenvalue weighted by atomic mass is 79.9. The summed E-state index contributed by atoms with van der Waals surface area (Å²) in [6, 6.07) is 5.84. The number of likely N-dealkylation sites (N-methyl/N-ethyl adjacent to an activating group) is 1. The van der Waals surface area contributed by atoms with E-state index < -0.39 is 5.54 Å². The van der Waals surface area contributed by atoms with Gasteiger partial charge in [0.15, 0.2) is 0 Å². The number of nitrogens with one attached hydrogen (secondary N) is 2. The zero-order valence-electron chi connectivity index (χ0n) is 10.7. The normalized spacial score (nSPS) is 11.4. The van der Waals surface area contributed by atoms with E-state index >= 15 is 0 Å². The summed E-state index contributed by atoms with van der Waals surface area (Å²) in [7, 11) is 0. The first-order chi connectivity index (χ1) is 7.86. The largest absolute Gasteiger partial charge is 0.324 e. The molecule has 1 aromatic carbocycles. The number of halogens is 1. The minimum Gasteiger partial charge on any atom is -0.324 e. The third-order valence-electron chi connectivity index (χ3n) is 2.63. The third-order valence-corrected chi connectivity index (χ3v) is 3.13. The van der Waals surface area contributed by atoms with E-state index in [-0.39, 0.29) is 5.91 Å². The topological polar surface area (TPSA) is 41.1 Å². The fourth-order valence-corrected chi connectivity index (χ4v) is 1.89. The molecular formula is C13H19BrN2O. The van der Waals surface area contributed by atoms with Crippen molar-refractivity contribution in [1.82, 2.24) is 5.32 Å². The van der Waals surface area contributed by atoms with Crippen LogP contribution in [0.5, 0.6) is 0 Å². The molecule has 0 saturated heterocycles. The van der Waals surface area contributed by atoms with E-state index in [4.69, 9.17) is 0 Å². The van der Waals surface area contributed by atoms with Crippen LogP contribution >= 0.6 is 15.9 Å². The van der Waals surface area contributed by atoms with Gasteiger partial charge in [-0.2, -0.15) is 0 Å². The molecule has 0 aliphatic rings. The molecule has 0 bridgehead atoms. The summed E-state index contributed by atoms with van der Waals surface area (Å²) >= 11 is 3.40. The molecule has 1 aromatic rings. The number of benzene rings is 1. The maximum Gasteiger partial charge on any atom is 0.244 e. The van der Waals surface area contributed by atoms with Crippen LogP contribution in [0.4, 0.5) is 5.69 Å². The van der Waals surface area contributed by atoms with Gasteiger partial charge >= 0.3 is 0 Å². The quantitative estimate of drug-likeness (QED) is 0.897. The van der Waals surface area contributed by atoms with Crippen LogP contribution in [0.25, 0.3) is 0 Å². The second-order valence-electron chi connectivity index (χ2n) is 4.57. The molecule has 0 atom stereocenters. The molecule has 0 unspecified atom stereocenters. The molecule has 0 radical (unpaired) electrons. The second-order valence-corrected chi connectivity index (χ2v) is 5.48. The number of carbonyl (C=O) groups is 1. The lowest BCUT2D eigenvalue weighted by atomic mass is 10.0. The van der Waals surface area contributed by atoms with Crippen LogP contribution in [0.15, 0.2) is 22.7 Å². The van der Waals surface area contributed by atoms with Gasteiger partial charge in [0.25, 0.3) is 0 Å². The van der Waals surface area contributed by atoms with E-state index in [1.165, 1.54) is 0 Å². The van der Waals surface area contributed by atoms with Gasteiger partial charge in [0.05, 0.1) is 5.54 Å². The monoisotopic (exact) mass is 298 g/mol. The van der Waals surface area contributed by atoms with Gasteiger partial charge in [-0.05, 0) is 45.0 Å². The van der Waals surface area contributed by atoms with Crippen LogP contribution in [-0.4, -0.2) is 18.0 Å². The summed E-state index contributed by atoms with van der Waals surface area (Å²) < 4.78 is 0.958. The molecule has 0 aliphatic carbocycles. The van der Waals surface area contributed by atoms with Crippen LogP contribution in [0.3, 0.4) is 0 Å². The highest BCUT2D eigenvalue weighted by Crippen LogP contribution is 2.21. The van der Waals surface area contributed by atoms with E-state index in [2.05, 4.69) is 26.6 Å². The molecule has 0 aromatic heterocycles. The Labute approximate surface area is 111 Å². The van der Waals surface area contributed by atoms with Crippen LogP contribution in [-0.2, 0) is 4.79 Å². The molecule has 0 aliphatic heterocycles. The maximum absolute atomic E-state index is 12.1. The Morgan fingerprint density at radius 1 is 1.41 bits per heavy atom. The Hall–Kier alpha value is -0.870. The zero-order valence-corrected chi connectivity index (χ0v) is 12.3. The van der Waals surface area contributed by atoms with Gasteiger partial charge in [-0.3, -0.25) is 4.79 Å². The predicted molar refractivity (Wildman–Crippen MR) is 75.3 cm³/mol. The number of anilines is 1. The van der Waals surface area contributed by atoms with E-state index in [9.17, 15) is 4.79 Å². The standard InChI is InChI=1S/C13H19BrN2O/c1-5-15-13(3,4)12(17)16-11-8-10(14)7-6-9(11)2/h6-8,15H,5H2,1-4H3,(H,16,17). The molecule has 94 valence electrons. The Morgan fingerprint density at radius 3 is 2.65 bits per heavy atom. The SMILES string of the molecule is CCNC(C)(C)C(=O)Nc1cc(Br)ccc1C. The molecule has 1 rings (SSSR count). The summed E-state index contributed by atoms with van der Waals surface area (Å²) in [5.41, 5.74) is 1.33. The summed E-state index contributed by atoms with van der Waals surface area (Å²) in [4.78, 5) is 12.1. The third kappa shape index (κ3) is 3.82. The first-order valence-corrected chi connectivity index (χ1v) is 6.48. The average molecular weight is 299 g/mol. The summed E-state index contributed by atoms with van der Waals surface area (Å²) in [5, 5.41) is 6.10. The van der Waals surface area contributed by atoms with Crippen LogP contribution < -0.4 is 10.6 Å². The maximum atomic E-state index is 12.1. The minimum atomic E-state index is -0.566. The van der Waals surface area contributed by atoms with Crippen molar-refractivity contribution in [1.29, 1.82) is 0 Å². The van der Waals surface area contributed by atoms with Crippen LogP contribution in [0.2, 0.25) is 0 Å². The predicted octanol–water partition coefficient (Wildman–Crippen LogP) is 3.08. The lowest BCUT2D eigenvalue weighted by Crippen LogP contribution is -2.49. The first-order valence-electron chi connectivity index (χ1n) is 5.69. The van der Waals surface area contributed by atoms with Crippen LogP contribution in [0.1, 0.15) is 26.3 Å². The number of hydrogen-bond donors (Lipinski definition) is 2. The number of amides is 1. The van der Waals surface area contributed by atoms with Gasteiger partial charge in [0, 0.05) is 10.2 Å². The van der Waals surface area contributed by atoms with Gasteiger partial charge in [-0.1, -0.05) is 28.9 Å². The molecule has 0 saturated carbocycles. The fourth-order valence-electron chi connectivity index (χ4n) is 1.53. The Balaban J connectivity index is 2.84. The summed E-state index contributed by atoms with van der Waals surface area (Å²) in [6.45, 7) is 8.47. The van der Waals surface area contributed by atoms with Crippen molar-refractivity contribution in [2.24, 2.45) is 0 Å². The first kappa shape index (κ1) is 14.2. The van der Waals surface area contributed by atoms with Gasteiger partial charge in [0.2, 0.25) is 5.91 Å².